The van der Waals surface area contributed by atoms with Gasteiger partial charge in [-0.1, -0.05) is 51.8 Å². The third kappa shape index (κ3) is 4.52. The highest BCUT2D eigenvalue weighted by Gasteiger charge is 2.16. The van der Waals surface area contributed by atoms with Gasteiger partial charge in [0, 0.05) is 24.8 Å². The van der Waals surface area contributed by atoms with E-state index in [2.05, 4.69) is 69.1 Å². The molecule has 114 valence electrons. The second kappa shape index (κ2) is 9.02. The largest absolute Gasteiger partial charge is 0.371 e. The molecule has 2 heteroatoms. The molecule has 1 rings (SSSR count). The normalized spacial score (nSPS) is 12.7. The van der Waals surface area contributed by atoms with E-state index in [1.165, 1.54) is 30.6 Å². The number of nitrogens with zero attached hydrogens (tertiary/aromatic N) is 1. The maximum absolute atomic E-state index is 3.54. The van der Waals surface area contributed by atoms with E-state index in [1.807, 2.05) is 0 Å². The molecule has 1 N–H and O–H groups in total. The summed E-state index contributed by atoms with van der Waals surface area (Å²) in [6, 6.07) is 9.25. The second-order valence-electron chi connectivity index (χ2n) is 5.56. The topological polar surface area (TPSA) is 15.3 Å². The Morgan fingerprint density at radius 3 is 2.25 bits per heavy atom. The highest BCUT2D eigenvalue weighted by Crippen LogP contribution is 2.27. The van der Waals surface area contributed by atoms with Crippen molar-refractivity contribution in [3.8, 4) is 0 Å². The number of nitrogens with one attached hydrogen (secondary N) is 1. The zero-order valence-corrected chi connectivity index (χ0v) is 13.9. The molecule has 0 spiro atoms. The number of hydrogen-bond donors (Lipinski definition) is 1. The molecular weight excluding hydrogens is 244 g/mol. The number of anilines is 1. The van der Waals surface area contributed by atoms with Crippen LogP contribution in [0.15, 0.2) is 24.3 Å². The van der Waals surface area contributed by atoms with Crippen molar-refractivity contribution in [3.05, 3.63) is 29.8 Å². The van der Waals surface area contributed by atoms with E-state index in [0.29, 0.717) is 6.04 Å². The number of benzene rings is 1. The monoisotopic (exact) mass is 276 g/mol. The Morgan fingerprint density at radius 1 is 1.05 bits per heavy atom. The Labute approximate surface area is 125 Å². The first-order chi connectivity index (χ1) is 9.67. The minimum absolute atomic E-state index is 0.409. The van der Waals surface area contributed by atoms with Gasteiger partial charge in [0.25, 0.3) is 0 Å². The summed E-state index contributed by atoms with van der Waals surface area (Å²) in [6.45, 7) is 14.5. The highest BCUT2D eigenvalue weighted by atomic mass is 15.1. The van der Waals surface area contributed by atoms with E-state index in [9.17, 15) is 0 Å². The molecule has 1 aromatic rings. The van der Waals surface area contributed by atoms with E-state index in [-0.39, 0.29) is 0 Å². The number of para-hydroxylation sites is 1. The summed E-state index contributed by atoms with van der Waals surface area (Å²) in [4.78, 5) is 2.54. The van der Waals surface area contributed by atoms with Crippen LogP contribution < -0.4 is 10.2 Å². The van der Waals surface area contributed by atoms with Gasteiger partial charge in [-0.15, -0.1) is 0 Å². The average molecular weight is 276 g/mol. The van der Waals surface area contributed by atoms with Crippen LogP contribution in [0.4, 0.5) is 5.69 Å². The average Bonchev–Trinajstić information content (AvgIpc) is 2.49. The van der Waals surface area contributed by atoms with Gasteiger partial charge in [0.15, 0.2) is 0 Å². The fourth-order valence-electron chi connectivity index (χ4n) is 2.81. The van der Waals surface area contributed by atoms with E-state index < -0.39 is 0 Å². The molecule has 0 radical (unpaired) electrons. The number of rotatable bonds is 9. The predicted molar refractivity (Wildman–Crippen MR) is 90.5 cm³/mol. The molecule has 20 heavy (non-hydrogen) atoms. The molecule has 0 aliphatic rings. The Kier molecular flexibility index (Phi) is 7.68. The third-order valence-corrected chi connectivity index (χ3v) is 4.27. The zero-order chi connectivity index (χ0) is 15.0. The van der Waals surface area contributed by atoms with Gasteiger partial charge in [-0.05, 0) is 37.9 Å². The molecule has 1 aromatic carbocycles. The maximum Gasteiger partial charge on any atom is 0.0414 e. The molecule has 0 aliphatic carbocycles. The molecule has 0 aliphatic heterocycles. The SMILES string of the molecule is CCNC(C)c1ccccc1N(CC)CC(CC)CC. The van der Waals surface area contributed by atoms with Crippen LogP contribution in [0.5, 0.6) is 0 Å². The fourth-order valence-corrected chi connectivity index (χ4v) is 2.81. The zero-order valence-electron chi connectivity index (χ0n) is 13.9. The van der Waals surface area contributed by atoms with Crippen LogP contribution in [0.3, 0.4) is 0 Å². The van der Waals surface area contributed by atoms with Crippen molar-refractivity contribution in [1.29, 1.82) is 0 Å². The maximum atomic E-state index is 3.54. The van der Waals surface area contributed by atoms with Crippen molar-refractivity contribution in [1.82, 2.24) is 5.32 Å². The summed E-state index contributed by atoms with van der Waals surface area (Å²) < 4.78 is 0. The van der Waals surface area contributed by atoms with E-state index in [0.717, 1.165) is 19.0 Å². The van der Waals surface area contributed by atoms with E-state index in [1.54, 1.807) is 0 Å². The van der Waals surface area contributed by atoms with Gasteiger partial charge in [-0.2, -0.15) is 0 Å². The third-order valence-electron chi connectivity index (χ3n) is 4.27. The first-order valence-electron chi connectivity index (χ1n) is 8.24. The Bertz CT molecular complexity index is 371. The van der Waals surface area contributed by atoms with Crippen molar-refractivity contribution in [2.24, 2.45) is 5.92 Å². The molecule has 0 saturated carbocycles. The Hall–Kier alpha value is -1.02. The van der Waals surface area contributed by atoms with Crippen molar-refractivity contribution < 1.29 is 0 Å². The van der Waals surface area contributed by atoms with Crippen LogP contribution in [0.25, 0.3) is 0 Å². The van der Waals surface area contributed by atoms with Crippen LogP contribution in [0.2, 0.25) is 0 Å². The molecule has 0 saturated heterocycles. The van der Waals surface area contributed by atoms with Crippen molar-refractivity contribution in [2.75, 3.05) is 24.5 Å². The van der Waals surface area contributed by atoms with Crippen molar-refractivity contribution >= 4 is 5.69 Å². The standard InChI is InChI=1S/C18H32N2/c1-6-16(7-2)14-20(9-4)18-13-11-10-12-17(18)15(5)19-8-3/h10-13,15-16,19H,6-9,14H2,1-5H3. The molecule has 0 aromatic heterocycles. The highest BCUT2D eigenvalue weighted by molar-refractivity contribution is 5.55. The van der Waals surface area contributed by atoms with Gasteiger partial charge in [0.05, 0.1) is 0 Å². The predicted octanol–water partition coefficient (Wildman–Crippen LogP) is 4.62. The molecule has 1 unspecified atom stereocenters. The molecule has 0 bridgehead atoms. The van der Waals surface area contributed by atoms with Gasteiger partial charge in [-0.25, -0.2) is 0 Å². The Balaban J connectivity index is 2.96. The quantitative estimate of drug-likeness (QED) is 0.708. The van der Waals surface area contributed by atoms with E-state index in [4.69, 9.17) is 0 Å². The molecule has 0 fully saturated rings. The fraction of sp³-hybridized carbons (Fsp3) is 0.667. The van der Waals surface area contributed by atoms with Crippen LogP contribution in [-0.4, -0.2) is 19.6 Å². The van der Waals surface area contributed by atoms with Crippen LogP contribution in [0.1, 0.15) is 59.1 Å². The summed E-state index contributed by atoms with van der Waals surface area (Å²) >= 11 is 0. The molecule has 0 heterocycles. The summed E-state index contributed by atoms with van der Waals surface area (Å²) in [5.41, 5.74) is 2.82. The lowest BCUT2D eigenvalue weighted by atomic mass is 10.0. The van der Waals surface area contributed by atoms with Gasteiger partial charge >= 0.3 is 0 Å². The van der Waals surface area contributed by atoms with Crippen molar-refractivity contribution in [3.63, 3.8) is 0 Å². The number of hydrogen-bond acceptors (Lipinski definition) is 2. The Morgan fingerprint density at radius 2 is 1.70 bits per heavy atom. The lowest BCUT2D eigenvalue weighted by molar-refractivity contribution is 0.484. The van der Waals surface area contributed by atoms with Gasteiger partial charge in [0.2, 0.25) is 0 Å². The van der Waals surface area contributed by atoms with E-state index >= 15 is 0 Å². The first kappa shape index (κ1) is 17.0. The lowest BCUT2D eigenvalue weighted by Gasteiger charge is -2.31. The summed E-state index contributed by atoms with van der Waals surface area (Å²) in [5, 5.41) is 3.54. The van der Waals surface area contributed by atoms with Gasteiger partial charge in [-0.3, -0.25) is 0 Å². The first-order valence-corrected chi connectivity index (χ1v) is 8.24. The smallest absolute Gasteiger partial charge is 0.0414 e. The lowest BCUT2D eigenvalue weighted by Crippen LogP contribution is -2.31. The van der Waals surface area contributed by atoms with Crippen LogP contribution in [-0.2, 0) is 0 Å². The second-order valence-corrected chi connectivity index (χ2v) is 5.56. The summed E-state index contributed by atoms with van der Waals surface area (Å²) in [6.07, 6.45) is 2.52. The molecular formula is C18H32N2. The minimum atomic E-state index is 0.409. The van der Waals surface area contributed by atoms with Crippen LogP contribution >= 0.6 is 0 Å². The van der Waals surface area contributed by atoms with Gasteiger partial charge in [0.1, 0.15) is 0 Å². The summed E-state index contributed by atoms with van der Waals surface area (Å²) in [5.74, 6) is 0.789. The summed E-state index contributed by atoms with van der Waals surface area (Å²) in [7, 11) is 0. The van der Waals surface area contributed by atoms with Crippen LogP contribution in [0, 0.1) is 5.92 Å². The van der Waals surface area contributed by atoms with Gasteiger partial charge < -0.3 is 10.2 Å². The molecule has 1 atom stereocenters. The molecule has 0 amide bonds. The minimum Gasteiger partial charge on any atom is -0.371 e. The van der Waals surface area contributed by atoms with Crippen molar-refractivity contribution in [2.45, 2.75) is 53.5 Å². The molecule has 2 nitrogen and oxygen atoms in total.